The summed E-state index contributed by atoms with van der Waals surface area (Å²) in [6, 6.07) is 7.77. The van der Waals surface area contributed by atoms with Crippen LogP contribution in [0, 0.1) is 0 Å². The minimum Gasteiger partial charge on any atom is -0.434 e. The Morgan fingerprint density at radius 2 is 2.21 bits per heavy atom. The van der Waals surface area contributed by atoms with Crippen molar-refractivity contribution in [1.82, 2.24) is 4.98 Å². The minimum atomic E-state index is 0.661. The van der Waals surface area contributed by atoms with E-state index in [4.69, 9.17) is 4.42 Å². The Kier molecular flexibility index (Phi) is 1.80. The first-order valence-corrected chi connectivity index (χ1v) is 5.45. The van der Waals surface area contributed by atoms with Crippen LogP contribution in [0.1, 0.15) is 5.89 Å². The highest BCUT2D eigenvalue weighted by molar-refractivity contribution is 8.14. The van der Waals surface area contributed by atoms with Crippen LogP contribution in [0.25, 0.3) is 11.1 Å². The van der Waals surface area contributed by atoms with Crippen molar-refractivity contribution in [3.05, 3.63) is 30.2 Å². The maximum Gasteiger partial charge on any atom is 0.252 e. The molecular weight excluding hydrogens is 196 g/mol. The number of rotatable bonds is 1. The van der Waals surface area contributed by atoms with Crippen molar-refractivity contribution in [1.29, 1.82) is 0 Å². The van der Waals surface area contributed by atoms with Crippen LogP contribution in [0.3, 0.4) is 0 Å². The van der Waals surface area contributed by atoms with Gasteiger partial charge >= 0.3 is 0 Å². The molecule has 70 valence electrons. The number of benzene rings is 1. The number of aliphatic imine (C=N–C) groups is 1. The van der Waals surface area contributed by atoms with Crippen molar-refractivity contribution in [2.45, 2.75) is 0 Å². The van der Waals surface area contributed by atoms with Gasteiger partial charge in [-0.15, -0.1) is 0 Å². The van der Waals surface area contributed by atoms with Gasteiger partial charge in [-0.05, 0) is 12.1 Å². The maximum atomic E-state index is 5.59. The van der Waals surface area contributed by atoms with Crippen LogP contribution in [-0.4, -0.2) is 22.3 Å². The van der Waals surface area contributed by atoms with Crippen molar-refractivity contribution < 1.29 is 4.42 Å². The average molecular weight is 204 g/mol. The Bertz CT molecular complexity index is 471. The van der Waals surface area contributed by atoms with Crippen molar-refractivity contribution in [3.8, 4) is 0 Å². The zero-order chi connectivity index (χ0) is 9.38. The number of oxazole rings is 1. The molecule has 2 aromatic rings. The van der Waals surface area contributed by atoms with Gasteiger partial charge in [-0.25, -0.2) is 4.98 Å². The summed E-state index contributed by atoms with van der Waals surface area (Å²) in [5.41, 5.74) is 1.73. The highest BCUT2D eigenvalue weighted by atomic mass is 32.2. The molecule has 0 spiro atoms. The third-order valence-corrected chi connectivity index (χ3v) is 3.03. The second kappa shape index (κ2) is 3.13. The van der Waals surface area contributed by atoms with E-state index in [9.17, 15) is 0 Å². The molecule has 1 aliphatic heterocycles. The van der Waals surface area contributed by atoms with Gasteiger partial charge in [0.25, 0.3) is 5.89 Å². The molecule has 0 aliphatic carbocycles. The van der Waals surface area contributed by atoms with E-state index >= 15 is 0 Å². The normalized spacial score (nSPS) is 16.1. The summed E-state index contributed by atoms with van der Waals surface area (Å²) >= 11 is 1.70. The van der Waals surface area contributed by atoms with Crippen LogP contribution < -0.4 is 0 Å². The summed E-state index contributed by atoms with van der Waals surface area (Å²) in [6.07, 6.45) is 0. The second-order valence-corrected chi connectivity index (χ2v) is 4.11. The quantitative estimate of drug-likeness (QED) is 0.715. The Balaban J connectivity index is 2.14. The summed E-state index contributed by atoms with van der Waals surface area (Å²) in [5.74, 6) is 1.70. The third-order valence-electron chi connectivity index (χ3n) is 2.06. The number of para-hydroxylation sites is 2. The fourth-order valence-electron chi connectivity index (χ4n) is 1.43. The van der Waals surface area contributed by atoms with Gasteiger partial charge < -0.3 is 4.42 Å². The molecule has 4 heteroatoms. The molecule has 0 atom stereocenters. The van der Waals surface area contributed by atoms with Crippen molar-refractivity contribution in [3.63, 3.8) is 0 Å². The molecule has 0 N–H and O–H groups in total. The molecular formula is C10H8N2OS. The summed E-state index contributed by atoms with van der Waals surface area (Å²) in [6.45, 7) is 0.874. The van der Waals surface area contributed by atoms with Crippen LogP contribution in [0.2, 0.25) is 0 Å². The Morgan fingerprint density at radius 3 is 3.00 bits per heavy atom. The number of hydrogen-bond donors (Lipinski definition) is 0. The van der Waals surface area contributed by atoms with E-state index in [2.05, 4.69) is 9.98 Å². The Morgan fingerprint density at radius 1 is 1.29 bits per heavy atom. The van der Waals surface area contributed by atoms with Crippen LogP contribution in [0.5, 0.6) is 0 Å². The third kappa shape index (κ3) is 1.23. The molecule has 0 unspecified atom stereocenters. The molecule has 0 saturated carbocycles. The molecule has 0 bridgehead atoms. The number of aromatic nitrogens is 1. The van der Waals surface area contributed by atoms with Crippen LogP contribution >= 0.6 is 11.8 Å². The lowest BCUT2D eigenvalue weighted by molar-refractivity contribution is 0.592. The molecule has 1 aliphatic rings. The monoisotopic (exact) mass is 204 g/mol. The fourth-order valence-corrected chi connectivity index (χ4v) is 2.20. The van der Waals surface area contributed by atoms with E-state index in [-0.39, 0.29) is 0 Å². The number of fused-ring (bicyclic) bond motifs is 1. The smallest absolute Gasteiger partial charge is 0.252 e. The molecule has 0 radical (unpaired) electrons. The Labute approximate surface area is 85.2 Å². The van der Waals surface area contributed by atoms with Crippen LogP contribution in [-0.2, 0) is 0 Å². The summed E-state index contributed by atoms with van der Waals surface area (Å²) in [4.78, 5) is 8.70. The molecule has 0 saturated heterocycles. The van der Waals surface area contributed by atoms with Gasteiger partial charge in [0.2, 0.25) is 0 Å². The molecule has 3 nitrogen and oxygen atoms in total. The number of nitrogens with zero attached hydrogens (tertiary/aromatic N) is 2. The van der Waals surface area contributed by atoms with Crippen molar-refractivity contribution in [2.75, 3.05) is 12.3 Å². The largest absolute Gasteiger partial charge is 0.434 e. The highest BCUT2D eigenvalue weighted by Crippen LogP contribution is 2.22. The second-order valence-electron chi connectivity index (χ2n) is 3.02. The molecule has 0 amide bonds. The lowest BCUT2D eigenvalue weighted by Crippen LogP contribution is -1.90. The van der Waals surface area contributed by atoms with E-state index < -0.39 is 0 Å². The zero-order valence-electron chi connectivity index (χ0n) is 7.43. The summed E-state index contributed by atoms with van der Waals surface area (Å²) in [7, 11) is 0. The first-order valence-electron chi connectivity index (χ1n) is 4.47. The van der Waals surface area contributed by atoms with Crippen molar-refractivity contribution >= 4 is 27.9 Å². The van der Waals surface area contributed by atoms with Gasteiger partial charge in [-0.2, -0.15) is 0 Å². The lowest BCUT2D eigenvalue weighted by Gasteiger charge is -1.88. The minimum absolute atomic E-state index is 0.661. The molecule has 1 aromatic heterocycles. The van der Waals surface area contributed by atoms with Gasteiger partial charge in [0.15, 0.2) is 10.6 Å². The van der Waals surface area contributed by atoms with Crippen molar-refractivity contribution in [2.24, 2.45) is 4.99 Å². The van der Waals surface area contributed by atoms with Gasteiger partial charge in [0.1, 0.15) is 5.52 Å². The topological polar surface area (TPSA) is 38.4 Å². The molecule has 1 aromatic carbocycles. The van der Waals surface area contributed by atoms with E-state index in [1.165, 1.54) is 0 Å². The first kappa shape index (κ1) is 8.05. The molecule has 3 rings (SSSR count). The predicted octanol–water partition coefficient (Wildman–Crippen LogP) is 2.32. The van der Waals surface area contributed by atoms with Crippen LogP contribution in [0.15, 0.2) is 33.7 Å². The average Bonchev–Trinajstić information content (AvgIpc) is 2.86. The van der Waals surface area contributed by atoms with Gasteiger partial charge in [-0.1, -0.05) is 23.9 Å². The maximum absolute atomic E-state index is 5.59. The van der Waals surface area contributed by atoms with E-state index in [1.54, 1.807) is 11.8 Å². The standard InChI is InChI=1S/C10H8N2OS/c1-2-4-8-7(3-1)12-9(13-8)10-11-5-6-14-10/h1-4H,5-6H2. The SMILES string of the molecule is c1ccc2oc(C3=NCCS3)nc2c1. The molecule has 14 heavy (non-hydrogen) atoms. The van der Waals surface area contributed by atoms with E-state index in [1.807, 2.05) is 24.3 Å². The molecule has 0 fully saturated rings. The summed E-state index contributed by atoms with van der Waals surface area (Å²) < 4.78 is 5.59. The van der Waals surface area contributed by atoms with Crippen LogP contribution in [0.4, 0.5) is 0 Å². The van der Waals surface area contributed by atoms with Gasteiger partial charge in [-0.3, -0.25) is 4.99 Å². The van der Waals surface area contributed by atoms with Gasteiger partial charge in [0.05, 0.1) is 0 Å². The van der Waals surface area contributed by atoms with Gasteiger partial charge in [0, 0.05) is 12.3 Å². The highest BCUT2D eigenvalue weighted by Gasteiger charge is 2.15. The first-order chi connectivity index (χ1) is 6.93. The lowest BCUT2D eigenvalue weighted by atomic mass is 10.3. The zero-order valence-corrected chi connectivity index (χ0v) is 8.25. The fraction of sp³-hybridized carbons (Fsp3) is 0.200. The predicted molar refractivity (Wildman–Crippen MR) is 57.9 cm³/mol. The van der Waals surface area contributed by atoms with E-state index in [0.29, 0.717) is 5.89 Å². The molecule has 2 heterocycles. The number of thioether (sulfide) groups is 1. The van der Waals surface area contributed by atoms with E-state index in [0.717, 1.165) is 28.4 Å². The number of hydrogen-bond acceptors (Lipinski definition) is 4. The summed E-state index contributed by atoms with van der Waals surface area (Å²) in [5, 5.41) is 0.932. The Hall–Kier alpha value is -1.29.